The van der Waals surface area contributed by atoms with Crippen molar-refractivity contribution in [2.45, 2.75) is 6.54 Å². The van der Waals surface area contributed by atoms with Crippen LogP contribution in [0.15, 0.2) is 24.5 Å². The summed E-state index contributed by atoms with van der Waals surface area (Å²) in [4.78, 5) is 3.67. The fraction of sp³-hybridized carbons (Fsp3) is 0.100. The number of nitriles is 1. The van der Waals surface area contributed by atoms with E-state index in [0.29, 0.717) is 0 Å². The molecule has 2 rings (SSSR count). The van der Waals surface area contributed by atoms with Gasteiger partial charge >= 0.3 is 0 Å². The van der Waals surface area contributed by atoms with Crippen LogP contribution < -0.4 is 0 Å². The molecular weight excluding hydrogens is 214 g/mol. The van der Waals surface area contributed by atoms with Gasteiger partial charge in [0.2, 0.25) is 0 Å². The van der Waals surface area contributed by atoms with Gasteiger partial charge in [-0.3, -0.25) is 0 Å². The second-order valence-corrected chi connectivity index (χ2v) is 3.11. The second kappa shape index (κ2) is 4.06. The molecule has 0 aliphatic heterocycles. The zero-order valence-corrected chi connectivity index (χ0v) is 8.06. The molecule has 0 amide bonds. The third-order valence-electron chi connectivity index (χ3n) is 1.98. The quantitative estimate of drug-likeness (QED) is 0.770. The maximum Gasteiger partial charge on any atom is 0.252 e. The van der Waals surface area contributed by atoms with Crippen molar-refractivity contribution in [2.75, 3.05) is 0 Å². The first kappa shape index (κ1) is 10.2. The summed E-state index contributed by atoms with van der Waals surface area (Å²) >= 11 is 0. The molecule has 0 unspecified atom stereocenters. The van der Waals surface area contributed by atoms with Crippen LogP contribution in [0.5, 0.6) is 0 Å². The predicted octanol–water partition coefficient (Wildman–Crippen LogP) is 1.48. The normalized spacial score (nSPS) is 10.1. The third kappa shape index (κ3) is 2.03. The van der Waals surface area contributed by atoms with Crippen molar-refractivity contribution in [3.05, 3.63) is 47.5 Å². The zero-order valence-electron chi connectivity index (χ0n) is 8.06. The molecule has 2 aromatic rings. The van der Waals surface area contributed by atoms with Gasteiger partial charge in [-0.25, -0.2) is 18.4 Å². The van der Waals surface area contributed by atoms with E-state index in [-0.39, 0.29) is 17.9 Å². The molecule has 6 heteroatoms. The van der Waals surface area contributed by atoms with Crippen LogP contribution in [0.3, 0.4) is 0 Å². The smallest absolute Gasteiger partial charge is 0.247 e. The van der Waals surface area contributed by atoms with E-state index in [2.05, 4.69) is 10.1 Å². The molecular formula is C10H6F2N4. The number of halogens is 2. The minimum Gasteiger partial charge on any atom is -0.247 e. The summed E-state index contributed by atoms with van der Waals surface area (Å²) in [5, 5.41) is 12.3. The Balaban J connectivity index is 2.24. The molecule has 0 aliphatic rings. The van der Waals surface area contributed by atoms with E-state index in [9.17, 15) is 8.78 Å². The van der Waals surface area contributed by atoms with Crippen LogP contribution in [0.25, 0.3) is 0 Å². The number of hydrogen-bond donors (Lipinski definition) is 0. The molecule has 1 aromatic carbocycles. The summed E-state index contributed by atoms with van der Waals surface area (Å²) < 4.78 is 27.2. The van der Waals surface area contributed by atoms with E-state index < -0.39 is 11.6 Å². The molecule has 4 nitrogen and oxygen atoms in total. The molecule has 1 heterocycles. The Kier molecular flexibility index (Phi) is 2.60. The summed E-state index contributed by atoms with van der Waals surface area (Å²) in [5.41, 5.74) is 0.288. The Morgan fingerprint density at radius 1 is 1.38 bits per heavy atom. The fourth-order valence-electron chi connectivity index (χ4n) is 1.25. The van der Waals surface area contributed by atoms with Gasteiger partial charge in [0.05, 0.1) is 6.54 Å². The largest absolute Gasteiger partial charge is 0.252 e. The summed E-state index contributed by atoms with van der Waals surface area (Å²) in [6.07, 6.45) is 1.32. The van der Waals surface area contributed by atoms with Crippen LogP contribution in [0.1, 0.15) is 11.4 Å². The molecule has 0 saturated heterocycles. The number of rotatable bonds is 2. The summed E-state index contributed by atoms with van der Waals surface area (Å²) in [5.74, 6) is -1.26. The lowest BCUT2D eigenvalue weighted by Crippen LogP contribution is -2.03. The predicted molar refractivity (Wildman–Crippen MR) is 50.2 cm³/mol. The minimum absolute atomic E-state index is 0.0162. The van der Waals surface area contributed by atoms with E-state index >= 15 is 0 Å². The van der Waals surface area contributed by atoms with Gasteiger partial charge in [0.25, 0.3) is 5.82 Å². The molecule has 0 fully saturated rings. The first-order valence-corrected chi connectivity index (χ1v) is 4.42. The van der Waals surface area contributed by atoms with Gasteiger partial charge in [-0.2, -0.15) is 5.26 Å². The molecule has 0 aliphatic carbocycles. The monoisotopic (exact) mass is 220 g/mol. The molecule has 16 heavy (non-hydrogen) atoms. The van der Waals surface area contributed by atoms with Gasteiger partial charge in [-0.05, 0) is 6.07 Å². The van der Waals surface area contributed by atoms with Crippen LogP contribution in [0.2, 0.25) is 0 Å². The Labute approximate surface area is 89.8 Å². The Hall–Kier alpha value is -2.29. The van der Waals surface area contributed by atoms with E-state index in [0.717, 1.165) is 6.07 Å². The van der Waals surface area contributed by atoms with Gasteiger partial charge in [0, 0.05) is 11.6 Å². The van der Waals surface area contributed by atoms with Crippen molar-refractivity contribution < 1.29 is 8.78 Å². The average molecular weight is 220 g/mol. The van der Waals surface area contributed by atoms with Crippen LogP contribution in [0.4, 0.5) is 8.78 Å². The molecule has 0 bridgehead atoms. The Bertz CT molecular complexity index is 556. The highest BCUT2D eigenvalue weighted by molar-refractivity contribution is 5.18. The molecule has 0 spiro atoms. The van der Waals surface area contributed by atoms with E-state index in [4.69, 9.17) is 5.26 Å². The van der Waals surface area contributed by atoms with Crippen molar-refractivity contribution in [3.8, 4) is 6.07 Å². The molecule has 0 saturated carbocycles. The fourth-order valence-corrected chi connectivity index (χ4v) is 1.25. The van der Waals surface area contributed by atoms with Gasteiger partial charge < -0.3 is 0 Å². The van der Waals surface area contributed by atoms with Crippen molar-refractivity contribution in [3.63, 3.8) is 0 Å². The SMILES string of the molecule is N#Cc1ncn(Cc2ccc(F)cc2F)n1. The molecule has 1 aromatic heterocycles. The van der Waals surface area contributed by atoms with Gasteiger partial charge in [0.1, 0.15) is 24.0 Å². The van der Waals surface area contributed by atoms with Crippen molar-refractivity contribution in [2.24, 2.45) is 0 Å². The van der Waals surface area contributed by atoms with E-state index in [1.54, 1.807) is 6.07 Å². The zero-order chi connectivity index (χ0) is 11.5. The molecule has 0 atom stereocenters. The Morgan fingerprint density at radius 3 is 2.81 bits per heavy atom. The topological polar surface area (TPSA) is 54.5 Å². The number of benzene rings is 1. The highest BCUT2D eigenvalue weighted by Crippen LogP contribution is 2.10. The first-order chi connectivity index (χ1) is 7.69. The Morgan fingerprint density at radius 2 is 2.19 bits per heavy atom. The summed E-state index contributed by atoms with van der Waals surface area (Å²) in [6, 6.07) is 5.06. The van der Waals surface area contributed by atoms with Crippen molar-refractivity contribution in [1.29, 1.82) is 5.26 Å². The lowest BCUT2D eigenvalue weighted by Gasteiger charge is -2.02. The van der Waals surface area contributed by atoms with E-state index in [1.807, 2.05) is 0 Å². The third-order valence-corrected chi connectivity index (χ3v) is 1.98. The van der Waals surface area contributed by atoms with Crippen LogP contribution in [0, 0.1) is 23.0 Å². The summed E-state index contributed by atoms with van der Waals surface area (Å²) in [6.45, 7) is 0.112. The molecule has 0 radical (unpaired) electrons. The maximum atomic E-state index is 13.3. The van der Waals surface area contributed by atoms with E-state index in [1.165, 1.54) is 23.1 Å². The van der Waals surface area contributed by atoms with Crippen LogP contribution in [-0.2, 0) is 6.54 Å². The second-order valence-electron chi connectivity index (χ2n) is 3.11. The van der Waals surface area contributed by atoms with Crippen LogP contribution in [-0.4, -0.2) is 14.8 Å². The average Bonchev–Trinajstić information content (AvgIpc) is 2.70. The van der Waals surface area contributed by atoms with Gasteiger partial charge in [-0.15, -0.1) is 5.10 Å². The highest BCUT2D eigenvalue weighted by atomic mass is 19.1. The minimum atomic E-state index is -0.644. The molecule has 80 valence electrons. The number of hydrogen-bond acceptors (Lipinski definition) is 3. The number of aromatic nitrogens is 3. The van der Waals surface area contributed by atoms with Crippen molar-refractivity contribution >= 4 is 0 Å². The lowest BCUT2D eigenvalue weighted by atomic mass is 10.2. The van der Waals surface area contributed by atoms with Crippen molar-refractivity contribution in [1.82, 2.24) is 14.8 Å². The standard InChI is InChI=1S/C10H6F2N4/c11-8-2-1-7(9(12)3-8)5-16-6-14-10(4-13)15-16/h1-3,6H,5H2. The number of nitrogens with zero attached hydrogens (tertiary/aromatic N) is 4. The van der Waals surface area contributed by atoms with Gasteiger partial charge in [-0.1, -0.05) is 6.07 Å². The van der Waals surface area contributed by atoms with Gasteiger partial charge in [0.15, 0.2) is 0 Å². The lowest BCUT2D eigenvalue weighted by molar-refractivity contribution is 0.558. The first-order valence-electron chi connectivity index (χ1n) is 4.42. The summed E-state index contributed by atoms with van der Waals surface area (Å²) in [7, 11) is 0. The maximum absolute atomic E-state index is 13.3. The highest BCUT2D eigenvalue weighted by Gasteiger charge is 2.06. The van der Waals surface area contributed by atoms with Crippen LogP contribution >= 0.6 is 0 Å². The molecule has 0 N–H and O–H groups in total.